The Bertz CT molecular complexity index is 487. The summed E-state index contributed by atoms with van der Waals surface area (Å²) in [6, 6.07) is -0.675. The minimum Gasteiger partial charge on any atom is -0.467 e. The highest BCUT2D eigenvalue weighted by Crippen LogP contribution is 2.12. The number of nitrogens with zero attached hydrogens (tertiary/aromatic N) is 3. The number of amides is 1. The second-order valence-electron chi connectivity index (χ2n) is 4.44. The van der Waals surface area contributed by atoms with E-state index < -0.39 is 12.0 Å². The number of carbonyl (C=O) groups is 2. The van der Waals surface area contributed by atoms with Crippen LogP contribution >= 0.6 is 0 Å². The standard InChI is InChI=1S/C12H17N3O5/c1-8-13-10(20-14-8)3-4-11(16)15-5-6-19-7-9(15)12(17)18-2/h9H,3-7H2,1-2H3. The third-order valence-electron chi connectivity index (χ3n) is 3.04. The van der Waals surface area contributed by atoms with E-state index in [2.05, 4.69) is 14.9 Å². The van der Waals surface area contributed by atoms with Crippen LogP contribution in [0.4, 0.5) is 0 Å². The Morgan fingerprint density at radius 2 is 2.30 bits per heavy atom. The lowest BCUT2D eigenvalue weighted by Gasteiger charge is -2.33. The summed E-state index contributed by atoms with van der Waals surface area (Å²) in [5.41, 5.74) is 0. The van der Waals surface area contributed by atoms with Crippen LogP contribution < -0.4 is 0 Å². The number of hydrogen-bond acceptors (Lipinski definition) is 7. The van der Waals surface area contributed by atoms with E-state index in [-0.39, 0.29) is 18.9 Å². The number of aryl methyl sites for hydroxylation is 2. The first kappa shape index (κ1) is 14.4. The highest BCUT2D eigenvalue weighted by atomic mass is 16.5. The largest absolute Gasteiger partial charge is 0.467 e. The van der Waals surface area contributed by atoms with Crippen molar-refractivity contribution in [3.63, 3.8) is 0 Å². The molecule has 0 N–H and O–H groups in total. The molecule has 1 aromatic rings. The van der Waals surface area contributed by atoms with E-state index in [0.29, 0.717) is 31.3 Å². The van der Waals surface area contributed by atoms with Crippen LogP contribution in [-0.4, -0.2) is 59.8 Å². The summed E-state index contributed by atoms with van der Waals surface area (Å²) in [5, 5.41) is 3.66. The fraction of sp³-hybridized carbons (Fsp3) is 0.667. The molecule has 20 heavy (non-hydrogen) atoms. The van der Waals surface area contributed by atoms with Crippen molar-refractivity contribution in [3.05, 3.63) is 11.7 Å². The average molecular weight is 283 g/mol. The fourth-order valence-corrected chi connectivity index (χ4v) is 2.03. The molecule has 8 nitrogen and oxygen atoms in total. The Hall–Kier alpha value is -1.96. The molecule has 1 aliphatic rings. The molecule has 2 heterocycles. The van der Waals surface area contributed by atoms with Crippen molar-refractivity contribution in [1.82, 2.24) is 15.0 Å². The zero-order valence-electron chi connectivity index (χ0n) is 11.5. The first-order chi connectivity index (χ1) is 9.61. The van der Waals surface area contributed by atoms with Crippen molar-refractivity contribution in [3.8, 4) is 0 Å². The van der Waals surface area contributed by atoms with Gasteiger partial charge < -0.3 is 18.9 Å². The van der Waals surface area contributed by atoms with Gasteiger partial charge in [0, 0.05) is 19.4 Å². The maximum Gasteiger partial charge on any atom is 0.331 e. The number of methoxy groups -OCH3 is 1. The van der Waals surface area contributed by atoms with Gasteiger partial charge in [0.15, 0.2) is 11.9 Å². The molecule has 1 atom stereocenters. The summed E-state index contributed by atoms with van der Waals surface area (Å²) in [6.07, 6.45) is 0.556. The molecule has 0 aliphatic carbocycles. The monoisotopic (exact) mass is 283 g/mol. The molecule has 0 aromatic carbocycles. The molecule has 0 spiro atoms. The quantitative estimate of drug-likeness (QED) is 0.701. The minimum absolute atomic E-state index is 0.153. The van der Waals surface area contributed by atoms with Crippen molar-refractivity contribution in [1.29, 1.82) is 0 Å². The summed E-state index contributed by atoms with van der Waals surface area (Å²) < 4.78 is 14.8. The molecule has 1 fully saturated rings. The van der Waals surface area contributed by atoms with E-state index in [1.165, 1.54) is 12.0 Å². The van der Waals surface area contributed by atoms with Crippen molar-refractivity contribution in [2.75, 3.05) is 26.9 Å². The van der Waals surface area contributed by atoms with Gasteiger partial charge in [-0.1, -0.05) is 5.16 Å². The van der Waals surface area contributed by atoms with Crippen LogP contribution in [0.2, 0.25) is 0 Å². The zero-order chi connectivity index (χ0) is 14.5. The van der Waals surface area contributed by atoms with E-state index in [1.807, 2.05) is 0 Å². The first-order valence-corrected chi connectivity index (χ1v) is 6.36. The van der Waals surface area contributed by atoms with Crippen LogP contribution in [0.15, 0.2) is 4.52 Å². The van der Waals surface area contributed by atoms with E-state index >= 15 is 0 Å². The van der Waals surface area contributed by atoms with E-state index in [4.69, 9.17) is 9.26 Å². The molecule has 1 amide bonds. The summed E-state index contributed by atoms with van der Waals surface area (Å²) in [7, 11) is 1.29. The molecule has 0 bridgehead atoms. The predicted molar refractivity (Wildman–Crippen MR) is 65.7 cm³/mol. The second kappa shape index (κ2) is 6.47. The zero-order valence-corrected chi connectivity index (χ0v) is 11.5. The van der Waals surface area contributed by atoms with Crippen LogP contribution in [0.25, 0.3) is 0 Å². The van der Waals surface area contributed by atoms with E-state index in [9.17, 15) is 9.59 Å². The van der Waals surface area contributed by atoms with Gasteiger partial charge in [0.25, 0.3) is 0 Å². The highest BCUT2D eigenvalue weighted by Gasteiger charge is 2.33. The molecule has 0 radical (unpaired) electrons. The number of hydrogen-bond donors (Lipinski definition) is 0. The molecular formula is C12H17N3O5. The summed E-state index contributed by atoms with van der Waals surface area (Å²) in [4.78, 5) is 29.3. The normalized spacial score (nSPS) is 18.9. The number of rotatable bonds is 4. The van der Waals surface area contributed by atoms with Gasteiger partial charge in [0.05, 0.1) is 20.3 Å². The molecule has 1 unspecified atom stereocenters. The maximum absolute atomic E-state index is 12.2. The summed E-state index contributed by atoms with van der Waals surface area (Å²) >= 11 is 0. The number of morpholine rings is 1. The van der Waals surface area contributed by atoms with Gasteiger partial charge in [-0.05, 0) is 6.92 Å². The Balaban J connectivity index is 1.93. The van der Waals surface area contributed by atoms with Crippen LogP contribution in [-0.2, 0) is 25.5 Å². The number of esters is 1. The summed E-state index contributed by atoms with van der Waals surface area (Å²) in [5.74, 6) is 0.330. The van der Waals surface area contributed by atoms with Crippen molar-refractivity contribution >= 4 is 11.9 Å². The lowest BCUT2D eigenvalue weighted by Crippen LogP contribution is -2.53. The molecule has 8 heteroatoms. The van der Waals surface area contributed by atoms with Gasteiger partial charge in [-0.2, -0.15) is 4.98 Å². The van der Waals surface area contributed by atoms with Gasteiger partial charge in [-0.15, -0.1) is 0 Å². The van der Waals surface area contributed by atoms with Gasteiger partial charge in [0.2, 0.25) is 11.8 Å². The van der Waals surface area contributed by atoms with Crippen molar-refractivity contribution in [2.24, 2.45) is 0 Å². The molecule has 110 valence electrons. The number of aromatic nitrogens is 2. The predicted octanol–water partition coefficient (Wildman–Crippen LogP) is -0.289. The smallest absolute Gasteiger partial charge is 0.331 e. The second-order valence-corrected chi connectivity index (χ2v) is 4.44. The maximum atomic E-state index is 12.2. The minimum atomic E-state index is -0.675. The third-order valence-corrected chi connectivity index (χ3v) is 3.04. The number of ether oxygens (including phenoxy) is 2. The SMILES string of the molecule is COC(=O)C1COCCN1C(=O)CCc1nc(C)no1. The molecule has 0 saturated carbocycles. The average Bonchev–Trinajstić information content (AvgIpc) is 2.89. The van der Waals surface area contributed by atoms with Crippen LogP contribution in [0, 0.1) is 6.92 Å². The van der Waals surface area contributed by atoms with Crippen LogP contribution in [0.1, 0.15) is 18.1 Å². The summed E-state index contributed by atoms with van der Waals surface area (Å²) in [6.45, 7) is 2.67. The lowest BCUT2D eigenvalue weighted by molar-refractivity contribution is -0.160. The van der Waals surface area contributed by atoms with Gasteiger partial charge in [-0.25, -0.2) is 4.79 Å². The van der Waals surface area contributed by atoms with Gasteiger partial charge >= 0.3 is 5.97 Å². The Kier molecular flexibility index (Phi) is 4.67. The highest BCUT2D eigenvalue weighted by molar-refractivity contribution is 5.84. The Labute approximate surface area is 116 Å². The van der Waals surface area contributed by atoms with Crippen molar-refractivity contribution < 1.29 is 23.6 Å². The van der Waals surface area contributed by atoms with Crippen LogP contribution in [0.5, 0.6) is 0 Å². The van der Waals surface area contributed by atoms with Gasteiger partial charge in [0.1, 0.15) is 0 Å². The Morgan fingerprint density at radius 3 is 2.95 bits per heavy atom. The molecule has 1 aliphatic heterocycles. The molecule has 1 aromatic heterocycles. The fourth-order valence-electron chi connectivity index (χ4n) is 2.03. The van der Waals surface area contributed by atoms with E-state index in [0.717, 1.165) is 0 Å². The molecule has 1 saturated heterocycles. The Morgan fingerprint density at radius 1 is 1.50 bits per heavy atom. The third kappa shape index (κ3) is 3.32. The van der Waals surface area contributed by atoms with Crippen LogP contribution in [0.3, 0.4) is 0 Å². The number of carbonyl (C=O) groups excluding carboxylic acids is 2. The van der Waals surface area contributed by atoms with Gasteiger partial charge in [-0.3, -0.25) is 4.79 Å². The topological polar surface area (TPSA) is 94.8 Å². The van der Waals surface area contributed by atoms with Crippen molar-refractivity contribution in [2.45, 2.75) is 25.8 Å². The lowest BCUT2D eigenvalue weighted by atomic mass is 10.2. The van der Waals surface area contributed by atoms with E-state index in [1.54, 1.807) is 6.92 Å². The first-order valence-electron chi connectivity index (χ1n) is 6.36. The molecule has 2 rings (SSSR count). The molecular weight excluding hydrogens is 266 g/mol.